The van der Waals surface area contributed by atoms with Gasteiger partial charge in [-0.3, -0.25) is 14.3 Å². The molecule has 0 spiro atoms. The summed E-state index contributed by atoms with van der Waals surface area (Å²) in [6.07, 6.45) is 3.48. The Bertz CT molecular complexity index is 849. The molecule has 152 valence electrons. The highest BCUT2D eigenvalue weighted by atomic mass is 35.5. The van der Waals surface area contributed by atoms with Gasteiger partial charge in [0.2, 0.25) is 5.91 Å². The number of carbonyl (C=O) groups is 2. The summed E-state index contributed by atoms with van der Waals surface area (Å²) in [5.41, 5.74) is 1.65. The van der Waals surface area contributed by atoms with Crippen molar-refractivity contribution in [1.82, 2.24) is 24.9 Å². The molecule has 2 heterocycles. The normalized spacial score (nSPS) is 15.1. The predicted octanol–water partition coefficient (Wildman–Crippen LogP) is 1.53. The van der Waals surface area contributed by atoms with E-state index in [9.17, 15) is 14.0 Å². The van der Waals surface area contributed by atoms with Crippen molar-refractivity contribution in [3.8, 4) is 0 Å². The van der Waals surface area contributed by atoms with Crippen molar-refractivity contribution in [3.63, 3.8) is 0 Å². The van der Waals surface area contributed by atoms with E-state index in [4.69, 9.17) is 0 Å². The number of carbonyl (C=O) groups excluding carboxylic acids is 2. The van der Waals surface area contributed by atoms with Crippen molar-refractivity contribution in [3.05, 3.63) is 53.1 Å². The molecule has 1 N–H and O–H groups in total. The van der Waals surface area contributed by atoms with Crippen LogP contribution in [0, 0.1) is 12.7 Å². The van der Waals surface area contributed by atoms with Crippen LogP contribution in [-0.2, 0) is 11.8 Å². The molecule has 0 saturated carbocycles. The average molecular weight is 410 g/mol. The number of likely N-dealkylation sites (N-methyl/N-ethyl adjacent to an activating group) is 1. The van der Waals surface area contributed by atoms with Crippen LogP contribution in [-0.4, -0.2) is 64.6 Å². The van der Waals surface area contributed by atoms with Gasteiger partial charge in [0, 0.05) is 50.6 Å². The Kier molecular flexibility index (Phi) is 7.15. The molecule has 1 fully saturated rings. The highest BCUT2D eigenvalue weighted by Gasteiger charge is 2.30. The minimum Gasteiger partial charge on any atom is -0.337 e. The molecule has 0 aliphatic carbocycles. The molecule has 28 heavy (non-hydrogen) atoms. The van der Waals surface area contributed by atoms with E-state index >= 15 is 0 Å². The zero-order chi connectivity index (χ0) is 19.6. The summed E-state index contributed by atoms with van der Waals surface area (Å²) < 4.78 is 15.4. The smallest absolute Gasteiger partial charge is 0.254 e. The molecule has 1 aliphatic heterocycles. The third-order valence-electron chi connectivity index (χ3n) is 4.89. The second-order valence-corrected chi connectivity index (χ2v) is 6.75. The highest BCUT2D eigenvalue weighted by Crippen LogP contribution is 2.18. The summed E-state index contributed by atoms with van der Waals surface area (Å²) in [7, 11) is 3.54. The van der Waals surface area contributed by atoms with Gasteiger partial charge in [0.1, 0.15) is 11.9 Å². The number of halogens is 2. The number of aromatic nitrogens is 2. The second-order valence-electron chi connectivity index (χ2n) is 6.75. The predicted molar refractivity (Wildman–Crippen MR) is 106 cm³/mol. The first kappa shape index (κ1) is 21.8. The van der Waals surface area contributed by atoms with Crippen molar-refractivity contribution in [1.29, 1.82) is 0 Å². The molecule has 1 aromatic carbocycles. The lowest BCUT2D eigenvalue weighted by molar-refractivity contribution is -0.135. The van der Waals surface area contributed by atoms with Crippen LogP contribution in [0.5, 0.6) is 0 Å². The van der Waals surface area contributed by atoms with Crippen molar-refractivity contribution >= 4 is 24.2 Å². The summed E-state index contributed by atoms with van der Waals surface area (Å²) >= 11 is 0. The lowest BCUT2D eigenvalue weighted by Gasteiger charge is -2.36. The summed E-state index contributed by atoms with van der Waals surface area (Å²) in [4.78, 5) is 28.8. The van der Waals surface area contributed by atoms with Crippen LogP contribution in [0.15, 0.2) is 30.6 Å². The van der Waals surface area contributed by atoms with Crippen molar-refractivity contribution in [2.24, 2.45) is 7.05 Å². The minimum atomic E-state index is -0.466. The van der Waals surface area contributed by atoms with Gasteiger partial charge in [-0.05, 0) is 31.7 Å². The van der Waals surface area contributed by atoms with Crippen LogP contribution in [0.25, 0.3) is 0 Å². The van der Waals surface area contributed by atoms with Gasteiger partial charge in [-0.25, -0.2) is 4.39 Å². The lowest BCUT2D eigenvalue weighted by atomic mass is 10.1. The first-order valence-corrected chi connectivity index (χ1v) is 8.90. The number of nitrogens with zero attached hydrogens (tertiary/aromatic N) is 4. The third-order valence-corrected chi connectivity index (χ3v) is 4.89. The van der Waals surface area contributed by atoms with Crippen molar-refractivity contribution < 1.29 is 14.0 Å². The Morgan fingerprint density at radius 3 is 2.36 bits per heavy atom. The molecule has 7 nitrogen and oxygen atoms in total. The van der Waals surface area contributed by atoms with Gasteiger partial charge >= 0.3 is 0 Å². The zero-order valence-electron chi connectivity index (χ0n) is 16.2. The summed E-state index contributed by atoms with van der Waals surface area (Å²) in [5, 5.41) is 7.15. The van der Waals surface area contributed by atoms with Crippen LogP contribution >= 0.6 is 12.4 Å². The van der Waals surface area contributed by atoms with Gasteiger partial charge in [0.15, 0.2) is 0 Å². The molecule has 2 aromatic rings. The fraction of sp³-hybridized carbons (Fsp3) is 0.421. The summed E-state index contributed by atoms with van der Waals surface area (Å²) in [5.74, 6) is -0.639. The van der Waals surface area contributed by atoms with Crippen molar-refractivity contribution in [2.45, 2.75) is 13.0 Å². The molecule has 3 rings (SSSR count). The molecule has 0 bridgehead atoms. The number of amides is 2. The van der Waals surface area contributed by atoms with Gasteiger partial charge in [0.05, 0.1) is 6.20 Å². The van der Waals surface area contributed by atoms with E-state index in [1.807, 2.05) is 6.20 Å². The maximum atomic E-state index is 13.7. The Balaban J connectivity index is 0.00000280. The standard InChI is InChI=1S/C19H24FN5O2.ClH/c1-13-4-5-14(10-16(13)20)18(26)24-6-8-25(9-7-24)19(27)17(21-2)15-11-22-23(3)12-15;/h4-5,10-12,17,21H,6-9H2,1-3H3;1H. The molecular weight excluding hydrogens is 385 g/mol. The number of hydrogen-bond acceptors (Lipinski definition) is 4. The van der Waals surface area contributed by atoms with Crippen LogP contribution in [0.4, 0.5) is 4.39 Å². The maximum Gasteiger partial charge on any atom is 0.254 e. The molecule has 1 saturated heterocycles. The van der Waals surface area contributed by atoms with Gasteiger partial charge in [0.25, 0.3) is 5.91 Å². The van der Waals surface area contributed by atoms with E-state index in [1.165, 1.54) is 6.07 Å². The molecule has 2 amide bonds. The topological polar surface area (TPSA) is 70.5 Å². The van der Waals surface area contributed by atoms with Crippen LogP contribution in [0.3, 0.4) is 0 Å². The second kappa shape index (κ2) is 9.16. The number of hydrogen-bond donors (Lipinski definition) is 1. The molecule has 9 heteroatoms. The Morgan fingerprint density at radius 2 is 1.82 bits per heavy atom. The van der Waals surface area contributed by atoms with E-state index in [0.717, 1.165) is 5.56 Å². The van der Waals surface area contributed by atoms with Gasteiger partial charge < -0.3 is 15.1 Å². The monoisotopic (exact) mass is 409 g/mol. The number of nitrogens with one attached hydrogen (secondary N) is 1. The largest absolute Gasteiger partial charge is 0.337 e. The molecule has 1 aliphatic rings. The van der Waals surface area contributed by atoms with E-state index < -0.39 is 6.04 Å². The van der Waals surface area contributed by atoms with E-state index in [-0.39, 0.29) is 30.0 Å². The zero-order valence-corrected chi connectivity index (χ0v) is 17.0. The number of benzene rings is 1. The Morgan fingerprint density at radius 1 is 1.18 bits per heavy atom. The Labute approximate surface area is 169 Å². The van der Waals surface area contributed by atoms with Crippen LogP contribution < -0.4 is 5.32 Å². The summed E-state index contributed by atoms with van der Waals surface area (Å²) in [6, 6.07) is 4.05. The quantitative estimate of drug-likeness (QED) is 0.831. The molecule has 0 radical (unpaired) electrons. The molecule has 1 unspecified atom stereocenters. The third kappa shape index (κ3) is 4.51. The van der Waals surface area contributed by atoms with Crippen molar-refractivity contribution in [2.75, 3.05) is 33.2 Å². The van der Waals surface area contributed by atoms with E-state index in [2.05, 4.69) is 10.4 Å². The highest BCUT2D eigenvalue weighted by molar-refractivity contribution is 5.94. The maximum absolute atomic E-state index is 13.7. The lowest BCUT2D eigenvalue weighted by Crippen LogP contribution is -2.52. The number of aryl methyl sites for hydroxylation is 2. The minimum absolute atomic E-state index is 0. The molecular formula is C19H25ClFN5O2. The van der Waals surface area contributed by atoms with Gasteiger partial charge in [-0.2, -0.15) is 5.10 Å². The number of rotatable bonds is 4. The first-order valence-electron chi connectivity index (χ1n) is 8.90. The van der Waals surface area contributed by atoms with Crippen LogP contribution in [0.1, 0.15) is 27.5 Å². The molecule has 1 atom stereocenters. The Hall–Kier alpha value is -2.45. The van der Waals surface area contributed by atoms with E-state index in [1.54, 1.807) is 53.8 Å². The molecule has 1 aromatic heterocycles. The SMILES string of the molecule is CNC(C(=O)N1CCN(C(=O)c2ccc(C)c(F)c2)CC1)c1cnn(C)c1.Cl. The fourth-order valence-corrected chi connectivity index (χ4v) is 3.24. The van der Waals surface area contributed by atoms with E-state index in [0.29, 0.717) is 37.3 Å². The number of piperazine rings is 1. The van der Waals surface area contributed by atoms with Gasteiger partial charge in [-0.1, -0.05) is 6.07 Å². The van der Waals surface area contributed by atoms with Crippen LogP contribution in [0.2, 0.25) is 0 Å². The van der Waals surface area contributed by atoms with Gasteiger partial charge in [-0.15, -0.1) is 12.4 Å². The fourth-order valence-electron chi connectivity index (χ4n) is 3.24. The first-order chi connectivity index (χ1) is 12.9. The average Bonchev–Trinajstić information content (AvgIpc) is 3.10. The summed E-state index contributed by atoms with van der Waals surface area (Å²) in [6.45, 7) is 3.39.